The molecule has 0 radical (unpaired) electrons. The number of aromatic nitrogens is 4. The van der Waals surface area contributed by atoms with E-state index in [1.54, 1.807) is 5.38 Å². The number of carbonyl (C=O) groups is 1. The van der Waals surface area contributed by atoms with E-state index in [4.69, 9.17) is 4.42 Å². The van der Waals surface area contributed by atoms with Crippen LogP contribution >= 0.6 is 11.5 Å². The first-order valence-corrected chi connectivity index (χ1v) is 6.32. The molecule has 18 heavy (non-hydrogen) atoms. The molecule has 0 spiro atoms. The van der Waals surface area contributed by atoms with Gasteiger partial charge in [-0.25, -0.2) is 0 Å². The third-order valence-electron chi connectivity index (χ3n) is 2.61. The van der Waals surface area contributed by atoms with Gasteiger partial charge in [0.15, 0.2) is 5.69 Å². The van der Waals surface area contributed by atoms with Gasteiger partial charge in [-0.05, 0) is 30.9 Å². The van der Waals surface area contributed by atoms with Crippen LogP contribution in [0.2, 0.25) is 0 Å². The Balaban J connectivity index is 1.68. The fourth-order valence-corrected chi connectivity index (χ4v) is 2.18. The van der Waals surface area contributed by atoms with Crippen molar-refractivity contribution in [2.75, 3.05) is 11.9 Å². The van der Waals surface area contributed by atoms with Crippen LogP contribution < -0.4 is 10.6 Å². The summed E-state index contributed by atoms with van der Waals surface area (Å²) in [4.78, 5) is 11.7. The third-order valence-corrected chi connectivity index (χ3v) is 3.12. The highest BCUT2D eigenvalue weighted by Gasteiger charge is 2.22. The summed E-state index contributed by atoms with van der Waals surface area (Å²) >= 11 is 1.11. The van der Waals surface area contributed by atoms with Crippen LogP contribution in [-0.2, 0) is 0 Å². The zero-order chi connectivity index (χ0) is 12.4. The fraction of sp³-hybridized carbons (Fsp3) is 0.444. The molecule has 1 unspecified atom stereocenters. The van der Waals surface area contributed by atoms with Gasteiger partial charge in [-0.3, -0.25) is 10.1 Å². The van der Waals surface area contributed by atoms with E-state index in [2.05, 4.69) is 30.4 Å². The fourth-order valence-electron chi connectivity index (χ4n) is 1.75. The van der Waals surface area contributed by atoms with Gasteiger partial charge in [0.2, 0.25) is 5.89 Å². The van der Waals surface area contributed by atoms with Crippen molar-refractivity contribution in [1.82, 2.24) is 25.1 Å². The van der Waals surface area contributed by atoms with Gasteiger partial charge in [-0.2, -0.15) is 0 Å². The second kappa shape index (κ2) is 4.78. The van der Waals surface area contributed by atoms with E-state index in [0.717, 1.165) is 30.9 Å². The van der Waals surface area contributed by atoms with Crippen LogP contribution in [-0.4, -0.2) is 32.2 Å². The number of amides is 1. The maximum absolute atomic E-state index is 11.7. The number of hydrogen-bond donors (Lipinski definition) is 2. The van der Waals surface area contributed by atoms with Gasteiger partial charge < -0.3 is 9.73 Å². The first-order chi connectivity index (χ1) is 8.83. The summed E-state index contributed by atoms with van der Waals surface area (Å²) in [5.41, 5.74) is 0.235. The summed E-state index contributed by atoms with van der Waals surface area (Å²) in [5, 5.41) is 18.6. The van der Waals surface area contributed by atoms with Gasteiger partial charge >= 0.3 is 6.01 Å². The van der Waals surface area contributed by atoms with Gasteiger partial charge in [0, 0.05) is 5.38 Å². The molecule has 1 aliphatic rings. The van der Waals surface area contributed by atoms with Crippen molar-refractivity contribution in [3.05, 3.63) is 17.0 Å². The molecule has 3 heterocycles. The summed E-state index contributed by atoms with van der Waals surface area (Å²) in [7, 11) is 0. The van der Waals surface area contributed by atoms with Gasteiger partial charge in [0.25, 0.3) is 5.91 Å². The summed E-state index contributed by atoms with van der Waals surface area (Å²) in [6.07, 6.45) is 2.05. The number of rotatable bonds is 3. The molecule has 0 aliphatic carbocycles. The van der Waals surface area contributed by atoms with E-state index < -0.39 is 5.91 Å². The van der Waals surface area contributed by atoms with Gasteiger partial charge in [0.1, 0.15) is 0 Å². The van der Waals surface area contributed by atoms with Crippen LogP contribution in [0.25, 0.3) is 0 Å². The molecule has 2 N–H and O–H groups in total. The van der Waals surface area contributed by atoms with Crippen LogP contribution in [0, 0.1) is 0 Å². The Morgan fingerprint density at radius 3 is 3.17 bits per heavy atom. The molecule has 3 rings (SSSR count). The number of nitrogens with one attached hydrogen (secondary N) is 2. The average molecular weight is 266 g/mol. The van der Waals surface area contributed by atoms with E-state index in [0.29, 0.717) is 5.89 Å². The zero-order valence-electron chi connectivity index (χ0n) is 9.29. The van der Waals surface area contributed by atoms with Crippen LogP contribution in [0.1, 0.15) is 35.3 Å². The molecular formula is C9H10N6O2S. The van der Waals surface area contributed by atoms with Crippen molar-refractivity contribution in [2.24, 2.45) is 0 Å². The quantitative estimate of drug-likeness (QED) is 0.837. The zero-order valence-corrected chi connectivity index (χ0v) is 10.1. The van der Waals surface area contributed by atoms with Crippen LogP contribution in [0.5, 0.6) is 0 Å². The number of anilines is 1. The molecule has 0 saturated carbocycles. The van der Waals surface area contributed by atoms with E-state index in [-0.39, 0.29) is 17.8 Å². The standard InChI is InChI=1S/C9H10N6O2S/c16-7(6-4-18-15-12-6)11-9-14-13-8(17-9)5-2-1-3-10-5/h4-5,10H,1-3H2,(H,11,14,16). The first-order valence-electron chi connectivity index (χ1n) is 5.48. The van der Waals surface area contributed by atoms with Gasteiger partial charge in [-0.1, -0.05) is 9.59 Å². The molecule has 2 aromatic heterocycles. The summed E-state index contributed by atoms with van der Waals surface area (Å²) in [6, 6.07) is 0.167. The molecule has 2 aromatic rings. The molecule has 1 aliphatic heterocycles. The van der Waals surface area contributed by atoms with Crippen LogP contribution in [0.3, 0.4) is 0 Å². The monoisotopic (exact) mass is 266 g/mol. The predicted molar refractivity (Wildman–Crippen MR) is 62.1 cm³/mol. The van der Waals surface area contributed by atoms with E-state index in [1.807, 2.05) is 0 Å². The van der Waals surface area contributed by atoms with E-state index >= 15 is 0 Å². The van der Waals surface area contributed by atoms with Crippen molar-refractivity contribution in [1.29, 1.82) is 0 Å². The first kappa shape index (κ1) is 11.2. The molecule has 94 valence electrons. The van der Waals surface area contributed by atoms with Crippen molar-refractivity contribution < 1.29 is 9.21 Å². The molecule has 9 heteroatoms. The molecule has 1 saturated heterocycles. The van der Waals surface area contributed by atoms with Gasteiger partial charge in [0.05, 0.1) is 6.04 Å². The lowest BCUT2D eigenvalue weighted by atomic mass is 10.2. The normalized spacial score (nSPS) is 19.0. The minimum Gasteiger partial charge on any atom is -0.406 e. The summed E-state index contributed by atoms with van der Waals surface area (Å²) in [6.45, 7) is 0.944. The minimum absolute atomic E-state index is 0.0803. The molecule has 0 bridgehead atoms. The largest absolute Gasteiger partial charge is 0.406 e. The molecule has 1 atom stereocenters. The Kier molecular flexibility index (Phi) is 2.99. The van der Waals surface area contributed by atoms with Crippen molar-refractivity contribution in [3.63, 3.8) is 0 Å². The van der Waals surface area contributed by atoms with E-state index in [9.17, 15) is 4.79 Å². The highest BCUT2D eigenvalue weighted by Crippen LogP contribution is 2.22. The Morgan fingerprint density at radius 2 is 2.44 bits per heavy atom. The Bertz CT molecular complexity index is 533. The topological polar surface area (TPSA) is 106 Å². The lowest BCUT2D eigenvalue weighted by molar-refractivity contribution is 0.101. The molecular weight excluding hydrogens is 256 g/mol. The van der Waals surface area contributed by atoms with Crippen molar-refractivity contribution >= 4 is 23.5 Å². The van der Waals surface area contributed by atoms with Crippen molar-refractivity contribution in [3.8, 4) is 0 Å². The van der Waals surface area contributed by atoms with E-state index in [1.165, 1.54) is 0 Å². The summed E-state index contributed by atoms with van der Waals surface area (Å²) in [5.74, 6) is 0.0949. The number of nitrogens with zero attached hydrogens (tertiary/aromatic N) is 4. The smallest absolute Gasteiger partial charge is 0.322 e. The molecule has 1 amide bonds. The Morgan fingerprint density at radius 1 is 1.50 bits per heavy atom. The minimum atomic E-state index is -0.404. The lowest BCUT2D eigenvalue weighted by Gasteiger charge is -2.02. The third kappa shape index (κ3) is 2.22. The second-order valence-electron chi connectivity index (χ2n) is 3.84. The van der Waals surface area contributed by atoms with Crippen LogP contribution in [0.15, 0.2) is 9.80 Å². The SMILES string of the molecule is O=C(Nc1nnc(C2CCCN2)o1)c1csnn1. The second-order valence-corrected chi connectivity index (χ2v) is 4.45. The molecule has 1 fully saturated rings. The Labute approximate surface area is 106 Å². The van der Waals surface area contributed by atoms with Crippen molar-refractivity contribution in [2.45, 2.75) is 18.9 Å². The molecule has 0 aromatic carbocycles. The lowest BCUT2D eigenvalue weighted by Crippen LogP contribution is -2.13. The maximum Gasteiger partial charge on any atom is 0.322 e. The number of carbonyl (C=O) groups excluding carboxylic acids is 1. The average Bonchev–Trinajstić information content (AvgIpc) is 3.12. The highest BCUT2D eigenvalue weighted by atomic mass is 32.1. The van der Waals surface area contributed by atoms with Gasteiger partial charge in [-0.15, -0.1) is 10.2 Å². The van der Waals surface area contributed by atoms with Crippen LogP contribution in [0.4, 0.5) is 6.01 Å². The number of hydrogen-bond acceptors (Lipinski definition) is 8. The molecule has 8 nitrogen and oxygen atoms in total. The highest BCUT2D eigenvalue weighted by molar-refractivity contribution is 7.03. The Hall–Kier alpha value is -1.87. The predicted octanol–water partition coefficient (Wildman–Crippen LogP) is 0.598. The maximum atomic E-state index is 11.7. The summed E-state index contributed by atoms with van der Waals surface area (Å²) < 4.78 is 8.98.